The Hall–Kier alpha value is -1.46. The lowest BCUT2D eigenvalue weighted by atomic mass is 9.76. The molecule has 2 rings (SSSR count). The third kappa shape index (κ3) is 2.99. The van der Waals surface area contributed by atoms with E-state index in [1.165, 1.54) is 0 Å². The third-order valence-corrected chi connectivity index (χ3v) is 3.53. The predicted octanol–water partition coefficient (Wildman–Crippen LogP) is 1.82. The minimum Gasteiger partial charge on any atom is -0.465 e. The van der Waals surface area contributed by atoms with Crippen molar-refractivity contribution in [3.63, 3.8) is 0 Å². The minimum absolute atomic E-state index is 0.0462. The maximum absolute atomic E-state index is 12.3. The van der Waals surface area contributed by atoms with Gasteiger partial charge in [-0.15, -0.1) is 0 Å². The number of Topliss-reactive ketones (excluding diaryl/α,β-unsaturated/α-hetero) is 1. The Bertz CT molecular complexity index is 520. The Morgan fingerprint density at radius 3 is 3.05 bits per heavy atom. The number of nitrogens with zero attached hydrogens (tertiary/aromatic N) is 1. The fourth-order valence-electron chi connectivity index (χ4n) is 2.30. The van der Waals surface area contributed by atoms with Gasteiger partial charge >= 0.3 is 5.97 Å². The zero-order valence-electron chi connectivity index (χ0n) is 11.2. The molecule has 5 nitrogen and oxygen atoms in total. The molecule has 108 valence electrons. The lowest BCUT2D eigenvalue weighted by molar-refractivity contribution is -0.169. The fraction of sp³-hybridized carbons (Fsp3) is 0.500. The number of halogens is 1. The van der Waals surface area contributed by atoms with Crippen molar-refractivity contribution >= 4 is 23.4 Å². The molecule has 0 amide bonds. The van der Waals surface area contributed by atoms with Crippen LogP contribution in [0.5, 0.6) is 0 Å². The van der Waals surface area contributed by atoms with Crippen LogP contribution in [0.25, 0.3) is 0 Å². The van der Waals surface area contributed by atoms with Crippen molar-refractivity contribution in [1.29, 1.82) is 0 Å². The number of hydrogen-bond donors (Lipinski definition) is 0. The van der Waals surface area contributed by atoms with Crippen LogP contribution in [0.2, 0.25) is 5.15 Å². The van der Waals surface area contributed by atoms with Crippen molar-refractivity contribution in [2.24, 2.45) is 5.41 Å². The van der Waals surface area contributed by atoms with Crippen LogP contribution in [-0.2, 0) is 25.5 Å². The summed E-state index contributed by atoms with van der Waals surface area (Å²) in [5.41, 5.74) is -0.504. The molecular weight excluding hydrogens is 282 g/mol. The summed E-state index contributed by atoms with van der Waals surface area (Å²) in [6.07, 6.45) is 1.98. The summed E-state index contributed by atoms with van der Waals surface area (Å²) in [5.74, 6) is -0.673. The van der Waals surface area contributed by atoms with Crippen molar-refractivity contribution in [2.75, 3.05) is 19.8 Å². The summed E-state index contributed by atoms with van der Waals surface area (Å²) in [6.45, 7) is 2.33. The quantitative estimate of drug-likeness (QED) is 0.482. The number of carbonyl (C=O) groups excluding carboxylic acids is 2. The summed E-state index contributed by atoms with van der Waals surface area (Å²) < 4.78 is 10.4. The average Bonchev–Trinajstić information content (AvgIpc) is 2.42. The van der Waals surface area contributed by atoms with E-state index in [-0.39, 0.29) is 31.8 Å². The SMILES string of the molecule is CCOC(=O)C1(Cc2ccnc(Cl)c2)COCCC1=O. The smallest absolute Gasteiger partial charge is 0.322 e. The molecule has 0 aliphatic carbocycles. The van der Waals surface area contributed by atoms with E-state index in [4.69, 9.17) is 21.1 Å². The molecule has 1 saturated heterocycles. The summed E-state index contributed by atoms with van der Waals surface area (Å²) in [5, 5.41) is 0.325. The van der Waals surface area contributed by atoms with Crippen molar-refractivity contribution in [1.82, 2.24) is 4.98 Å². The Balaban J connectivity index is 2.31. The van der Waals surface area contributed by atoms with Gasteiger partial charge in [-0.3, -0.25) is 9.59 Å². The van der Waals surface area contributed by atoms with Crippen LogP contribution in [0.3, 0.4) is 0 Å². The molecule has 0 aromatic carbocycles. The first-order valence-corrected chi connectivity index (χ1v) is 6.85. The molecule has 1 fully saturated rings. The van der Waals surface area contributed by atoms with Crippen LogP contribution < -0.4 is 0 Å². The molecule has 0 N–H and O–H groups in total. The van der Waals surface area contributed by atoms with Gasteiger partial charge in [0.1, 0.15) is 5.15 Å². The molecule has 0 bridgehead atoms. The van der Waals surface area contributed by atoms with Crippen molar-refractivity contribution in [3.8, 4) is 0 Å². The summed E-state index contributed by atoms with van der Waals surface area (Å²) >= 11 is 5.84. The van der Waals surface area contributed by atoms with Gasteiger partial charge in [-0.25, -0.2) is 4.98 Å². The van der Waals surface area contributed by atoms with Crippen LogP contribution in [0.15, 0.2) is 18.3 Å². The molecule has 1 aromatic rings. The molecule has 1 aromatic heterocycles. The van der Waals surface area contributed by atoms with E-state index in [1.54, 1.807) is 25.3 Å². The van der Waals surface area contributed by atoms with Crippen LogP contribution in [0.4, 0.5) is 0 Å². The monoisotopic (exact) mass is 297 g/mol. The molecule has 2 heterocycles. The topological polar surface area (TPSA) is 65.5 Å². The predicted molar refractivity (Wildman–Crippen MR) is 72.5 cm³/mol. The number of hydrogen-bond acceptors (Lipinski definition) is 5. The number of rotatable bonds is 4. The maximum atomic E-state index is 12.3. The molecule has 0 saturated carbocycles. The first kappa shape index (κ1) is 14.9. The molecule has 1 unspecified atom stereocenters. The van der Waals surface area contributed by atoms with Crippen molar-refractivity contribution < 1.29 is 19.1 Å². The van der Waals surface area contributed by atoms with Gasteiger partial charge in [0, 0.05) is 12.6 Å². The van der Waals surface area contributed by atoms with E-state index < -0.39 is 11.4 Å². The highest BCUT2D eigenvalue weighted by atomic mass is 35.5. The minimum atomic E-state index is -1.26. The molecule has 6 heteroatoms. The van der Waals surface area contributed by atoms with Gasteiger partial charge in [0.15, 0.2) is 11.2 Å². The number of ketones is 1. The molecule has 1 aliphatic rings. The van der Waals surface area contributed by atoms with Gasteiger partial charge in [-0.2, -0.15) is 0 Å². The van der Waals surface area contributed by atoms with Crippen LogP contribution in [-0.4, -0.2) is 36.6 Å². The van der Waals surface area contributed by atoms with E-state index in [2.05, 4.69) is 4.98 Å². The van der Waals surface area contributed by atoms with Crippen molar-refractivity contribution in [3.05, 3.63) is 29.0 Å². The molecular formula is C14H16ClNO4. The Labute approximate surface area is 122 Å². The lowest BCUT2D eigenvalue weighted by Gasteiger charge is -2.33. The summed E-state index contributed by atoms with van der Waals surface area (Å²) in [7, 11) is 0. The fourth-order valence-corrected chi connectivity index (χ4v) is 2.49. The van der Waals surface area contributed by atoms with Crippen LogP contribution in [0, 0.1) is 5.41 Å². The summed E-state index contributed by atoms with van der Waals surface area (Å²) in [4.78, 5) is 28.4. The second kappa shape index (κ2) is 6.33. The van der Waals surface area contributed by atoms with Gasteiger partial charge in [-0.1, -0.05) is 11.6 Å². The zero-order valence-corrected chi connectivity index (χ0v) is 12.0. The highest BCUT2D eigenvalue weighted by molar-refractivity contribution is 6.29. The normalized spacial score (nSPS) is 22.6. The molecule has 0 spiro atoms. The Morgan fingerprint density at radius 2 is 2.40 bits per heavy atom. The first-order valence-electron chi connectivity index (χ1n) is 6.47. The Morgan fingerprint density at radius 1 is 1.60 bits per heavy atom. The largest absolute Gasteiger partial charge is 0.465 e. The third-order valence-electron chi connectivity index (χ3n) is 3.32. The standard InChI is InChI=1S/C14H16ClNO4/c1-2-20-13(18)14(9-19-6-4-11(14)17)8-10-3-5-16-12(15)7-10/h3,5,7H,2,4,6,8-9H2,1H3. The summed E-state index contributed by atoms with van der Waals surface area (Å²) in [6, 6.07) is 3.37. The van der Waals surface area contributed by atoms with Gasteiger partial charge in [-0.05, 0) is 31.0 Å². The van der Waals surface area contributed by atoms with E-state index in [0.29, 0.717) is 11.8 Å². The van der Waals surface area contributed by atoms with Gasteiger partial charge < -0.3 is 9.47 Å². The number of esters is 1. The Kier molecular flexibility index (Phi) is 4.73. The van der Waals surface area contributed by atoms with E-state index in [9.17, 15) is 9.59 Å². The number of aromatic nitrogens is 1. The molecule has 1 atom stereocenters. The van der Waals surface area contributed by atoms with E-state index >= 15 is 0 Å². The highest BCUT2D eigenvalue weighted by Gasteiger charge is 2.49. The maximum Gasteiger partial charge on any atom is 0.322 e. The molecule has 20 heavy (non-hydrogen) atoms. The second-order valence-corrected chi connectivity index (χ2v) is 5.08. The van der Waals surface area contributed by atoms with Crippen LogP contribution >= 0.6 is 11.6 Å². The van der Waals surface area contributed by atoms with E-state index in [0.717, 1.165) is 5.56 Å². The molecule has 0 radical (unpaired) electrons. The van der Waals surface area contributed by atoms with Gasteiger partial charge in [0.25, 0.3) is 0 Å². The zero-order chi connectivity index (χ0) is 14.6. The second-order valence-electron chi connectivity index (χ2n) is 4.69. The van der Waals surface area contributed by atoms with Crippen LogP contribution in [0.1, 0.15) is 18.9 Å². The highest BCUT2D eigenvalue weighted by Crippen LogP contribution is 2.31. The molecule has 1 aliphatic heterocycles. The van der Waals surface area contributed by atoms with Gasteiger partial charge in [0.2, 0.25) is 0 Å². The van der Waals surface area contributed by atoms with Gasteiger partial charge in [0.05, 0.1) is 19.8 Å². The van der Waals surface area contributed by atoms with E-state index in [1.807, 2.05) is 0 Å². The number of ether oxygens (including phenoxy) is 2. The lowest BCUT2D eigenvalue weighted by Crippen LogP contribution is -2.49. The average molecular weight is 298 g/mol. The number of pyridine rings is 1. The number of carbonyl (C=O) groups is 2. The van der Waals surface area contributed by atoms with Crippen molar-refractivity contribution in [2.45, 2.75) is 19.8 Å². The first-order chi connectivity index (χ1) is 9.58.